The van der Waals surface area contributed by atoms with Crippen molar-refractivity contribution < 1.29 is 0 Å². The lowest BCUT2D eigenvalue weighted by Gasteiger charge is -1.96. The van der Waals surface area contributed by atoms with Gasteiger partial charge in [0.05, 0.1) is 24.1 Å². The molecule has 0 aliphatic carbocycles. The van der Waals surface area contributed by atoms with E-state index in [0.717, 1.165) is 12.2 Å². The Morgan fingerprint density at radius 1 is 1.54 bits per heavy atom. The number of hydrogen-bond donors (Lipinski definition) is 1. The minimum atomic E-state index is 0.496. The number of nitrogens with zero attached hydrogens (tertiary/aromatic N) is 3. The Balaban J connectivity index is 2.10. The van der Waals surface area contributed by atoms with Gasteiger partial charge in [-0.05, 0) is 0 Å². The van der Waals surface area contributed by atoms with Gasteiger partial charge in [-0.2, -0.15) is 0 Å². The van der Waals surface area contributed by atoms with Crippen LogP contribution in [0.15, 0.2) is 24.2 Å². The molecule has 0 saturated heterocycles. The summed E-state index contributed by atoms with van der Waals surface area (Å²) in [7, 11) is 0. The molecule has 2 N–H and O–H groups in total. The van der Waals surface area contributed by atoms with Gasteiger partial charge in [0, 0.05) is 23.8 Å². The van der Waals surface area contributed by atoms with Crippen LogP contribution >= 0.6 is 11.3 Å². The highest BCUT2D eigenvalue weighted by atomic mass is 32.1. The monoisotopic (exact) mass is 194 g/mol. The molecule has 0 fully saturated rings. The van der Waals surface area contributed by atoms with Crippen LogP contribution in [0.1, 0.15) is 10.6 Å². The van der Waals surface area contributed by atoms with Gasteiger partial charge in [0.25, 0.3) is 0 Å². The average molecular weight is 194 g/mol. The molecule has 2 aromatic heterocycles. The Kier molecular flexibility index (Phi) is 2.37. The summed E-state index contributed by atoms with van der Waals surface area (Å²) in [6, 6.07) is 0. The van der Waals surface area contributed by atoms with E-state index in [1.807, 2.05) is 22.5 Å². The Labute approximate surface area is 80.1 Å². The maximum Gasteiger partial charge on any atom is 0.0953 e. The van der Waals surface area contributed by atoms with Crippen LogP contribution in [0.3, 0.4) is 0 Å². The van der Waals surface area contributed by atoms with Crippen LogP contribution < -0.4 is 5.73 Å². The van der Waals surface area contributed by atoms with E-state index in [1.54, 1.807) is 17.7 Å². The first-order valence-electron chi connectivity index (χ1n) is 3.96. The summed E-state index contributed by atoms with van der Waals surface area (Å²) in [5, 5.41) is 0. The predicted octanol–water partition coefficient (Wildman–Crippen LogP) is 0.847. The zero-order valence-electron chi connectivity index (χ0n) is 7.05. The summed E-state index contributed by atoms with van der Waals surface area (Å²) in [5.41, 5.74) is 8.20. The second-order valence-electron chi connectivity index (χ2n) is 2.71. The number of aromatic nitrogens is 3. The number of thiazole rings is 1. The second kappa shape index (κ2) is 3.68. The van der Waals surface area contributed by atoms with Crippen molar-refractivity contribution in [2.24, 2.45) is 5.73 Å². The molecule has 2 aromatic rings. The third-order valence-corrected chi connectivity index (χ3v) is 2.48. The van der Waals surface area contributed by atoms with Crippen LogP contribution in [0.4, 0.5) is 0 Å². The zero-order chi connectivity index (χ0) is 9.10. The highest BCUT2D eigenvalue weighted by Crippen LogP contribution is 2.08. The molecule has 13 heavy (non-hydrogen) atoms. The number of hydrogen-bond acceptors (Lipinski definition) is 4. The Morgan fingerprint density at radius 3 is 3.08 bits per heavy atom. The predicted molar refractivity (Wildman–Crippen MR) is 51.3 cm³/mol. The summed E-state index contributed by atoms with van der Waals surface area (Å²) in [4.78, 5) is 9.37. The molecule has 0 saturated carbocycles. The number of imidazole rings is 1. The van der Waals surface area contributed by atoms with Gasteiger partial charge in [-0.1, -0.05) is 0 Å². The van der Waals surface area contributed by atoms with Crippen molar-refractivity contribution in [3.8, 4) is 0 Å². The summed E-state index contributed by atoms with van der Waals surface area (Å²) < 4.78 is 2.01. The largest absolute Gasteiger partial charge is 0.332 e. The molecular weight excluding hydrogens is 184 g/mol. The minimum Gasteiger partial charge on any atom is -0.332 e. The molecule has 2 heterocycles. The normalized spacial score (nSPS) is 10.5. The SMILES string of the molecule is NCc1cn(Cc2cncs2)cn1. The fourth-order valence-corrected chi connectivity index (χ4v) is 1.70. The molecule has 5 heteroatoms. The third-order valence-electron chi connectivity index (χ3n) is 1.72. The molecular formula is C8H10N4S. The van der Waals surface area contributed by atoms with Crippen molar-refractivity contribution >= 4 is 11.3 Å². The molecule has 2 rings (SSSR count). The van der Waals surface area contributed by atoms with Crippen molar-refractivity contribution in [2.75, 3.05) is 0 Å². The molecule has 0 amide bonds. The van der Waals surface area contributed by atoms with E-state index in [0.29, 0.717) is 6.54 Å². The summed E-state index contributed by atoms with van der Waals surface area (Å²) in [5.74, 6) is 0. The van der Waals surface area contributed by atoms with E-state index in [4.69, 9.17) is 5.73 Å². The molecule has 0 aromatic carbocycles. The van der Waals surface area contributed by atoms with Gasteiger partial charge in [0.15, 0.2) is 0 Å². The fraction of sp³-hybridized carbons (Fsp3) is 0.250. The first-order chi connectivity index (χ1) is 6.38. The molecule has 0 radical (unpaired) electrons. The maximum atomic E-state index is 5.45. The fourth-order valence-electron chi connectivity index (χ4n) is 1.10. The molecule has 4 nitrogen and oxygen atoms in total. The molecule has 0 atom stereocenters. The van der Waals surface area contributed by atoms with Crippen molar-refractivity contribution in [3.05, 3.63) is 34.8 Å². The highest BCUT2D eigenvalue weighted by molar-refractivity contribution is 7.09. The van der Waals surface area contributed by atoms with Crippen LogP contribution in [-0.4, -0.2) is 14.5 Å². The smallest absolute Gasteiger partial charge is 0.0953 e. The summed E-state index contributed by atoms with van der Waals surface area (Å²) in [6.45, 7) is 1.33. The molecule has 0 spiro atoms. The van der Waals surface area contributed by atoms with Gasteiger partial charge in [0.1, 0.15) is 0 Å². The Hall–Kier alpha value is -1.20. The first kappa shape index (κ1) is 8.40. The van der Waals surface area contributed by atoms with E-state index in [1.165, 1.54) is 4.88 Å². The minimum absolute atomic E-state index is 0.496. The van der Waals surface area contributed by atoms with Gasteiger partial charge < -0.3 is 10.3 Å². The lowest BCUT2D eigenvalue weighted by Crippen LogP contribution is -1.96. The maximum absolute atomic E-state index is 5.45. The van der Waals surface area contributed by atoms with Crippen molar-refractivity contribution in [3.63, 3.8) is 0 Å². The standard InChI is InChI=1S/C8H10N4S/c9-1-7-3-12(5-11-7)4-8-2-10-6-13-8/h2-3,5-6H,1,4,9H2. The van der Waals surface area contributed by atoms with Crippen molar-refractivity contribution in [1.29, 1.82) is 0 Å². The summed E-state index contributed by atoms with van der Waals surface area (Å²) >= 11 is 1.64. The Morgan fingerprint density at radius 2 is 2.46 bits per heavy atom. The molecule has 0 aliphatic heterocycles. The number of rotatable bonds is 3. The van der Waals surface area contributed by atoms with E-state index in [-0.39, 0.29) is 0 Å². The quantitative estimate of drug-likeness (QED) is 0.788. The van der Waals surface area contributed by atoms with E-state index >= 15 is 0 Å². The van der Waals surface area contributed by atoms with Crippen LogP contribution in [0.5, 0.6) is 0 Å². The zero-order valence-corrected chi connectivity index (χ0v) is 7.87. The molecule has 68 valence electrons. The highest BCUT2D eigenvalue weighted by Gasteiger charge is 1.98. The Bertz CT molecular complexity index is 365. The first-order valence-corrected chi connectivity index (χ1v) is 4.84. The molecule has 0 aliphatic rings. The van der Waals surface area contributed by atoms with E-state index in [9.17, 15) is 0 Å². The van der Waals surface area contributed by atoms with E-state index < -0.39 is 0 Å². The molecule has 0 bridgehead atoms. The topological polar surface area (TPSA) is 56.7 Å². The summed E-state index contributed by atoms with van der Waals surface area (Å²) in [6.07, 6.45) is 5.62. The van der Waals surface area contributed by atoms with Crippen molar-refractivity contribution in [1.82, 2.24) is 14.5 Å². The van der Waals surface area contributed by atoms with Gasteiger partial charge in [-0.3, -0.25) is 4.98 Å². The third kappa shape index (κ3) is 1.93. The lowest BCUT2D eigenvalue weighted by atomic mass is 10.5. The van der Waals surface area contributed by atoms with Gasteiger partial charge in [-0.25, -0.2) is 4.98 Å². The average Bonchev–Trinajstić information content (AvgIpc) is 2.76. The van der Waals surface area contributed by atoms with Crippen LogP contribution in [-0.2, 0) is 13.1 Å². The van der Waals surface area contributed by atoms with Gasteiger partial charge in [0.2, 0.25) is 0 Å². The van der Waals surface area contributed by atoms with Gasteiger partial charge >= 0.3 is 0 Å². The number of nitrogens with two attached hydrogens (primary N) is 1. The lowest BCUT2D eigenvalue weighted by molar-refractivity contribution is 0.806. The van der Waals surface area contributed by atoms with Crippen LogP contribution in [0.25, 0.3) is 0 Å². The van der Waals surface area contributed by atoms with Crippen molar-refractivity contribution in [2.45, 2.75) is 13.1 Å². The second-order valence-corrected chi connectivity index (χ2v) is 3.68. The van der Waals surface area contributed by atoms with Gasteiger partial charge in [-0.15, -0.1) is 11.3 Å². The molecule has 0 unspecified atom stereocenters. The van der Waals surface area contributed by atoms with Crippen LogP contribution in [0.2, 0.25) is 0 Å². The van der Waals surface area contributed by atoms with Crippen LogP contribution in [0, 0.1) is 0 Å². The van der Waals surface area contributed by atoms with E-state index in [2.05, 4.69) is 9.97 Å².